The lowest BCUT2D eigenvalue weighted by Crippen LogP contribution is -2.40. The van der Waals surface area contributed by atoms with Gasteiger partial charge in [-0.1, -0.05) is 13.8 Å². The third kappa shape index (κ3) is 6.58. The topological polar surface area (TPSA) is 104 Å². The molecule has 0 aliphatic heterocycles. The lowest BCUT2D eigenvalue weighted by atomic mass is 10.0. The van der Waals surface area contributed by atoms with Crippen molar-refractivity contribution in [2.45, 2.75) is 26.3 Å². The summed E-state index contributed by atoms with van der Waals surface area (Å²) in [6, 6.07) is -0.994. The fraction of sp³-hybridized carbons (Fsp3) is 0.500. The molecule has 0 heterocycles. The molecule has 6 heteroatoms. The maximum Gasteiger partial charge on any atom is 0.328 e. The van der Waals surface area contributed by atoms with Crippen molar-refractivity contribution in [3.05, 3.63) is 12.2 Å². The number of carbonyl (C=O) groups excluding carboxylic acids is 1. The number of aliphatic carboxylic acids is 2. The molecular formula is C10H15NO5. The number of amides is 1. The van der Waals surface area contributed by atoms with Crippen LogP contribution in [0.1, 0.15) is 20.3 Å². The standard InChI is InChI=1S/C10H15NO5/c1-6(2)5-7(10(15)16)11-8(12)3-4-9(13)14/h3-4,6-7H,5H2,1-2H3,(H,11,12)(H,13,14)(H,15,16)/b4-3-/t7-/m0/s1. The second-order valence-corrected chi connectivity index (χ2v) is 3.70. The lowest BCUT2D eigenvalue weighted by Gasteiger charge is -2.14. The fourth-order valence-corrected chi connectivity index (χ4v) is 1.06. The quantitative estimate of drug-likeness (QED) is 0.566. The molecule has 90 valence electrons. The Morgan fingerprint density at radius 1 is 1.19 bits per heavy atom. The molecule has 0 rings (SSSR count). The van der Waals surface area contributed by atoms with E-state index in [0.29, 0.717) is 12.5 Å². The molecular weight excluding hydrogens is 214 g/mol. The average Bonchev–Trinajstić information content (AvgIpc) is 2.12. The Bertz CT molecular complexity index is 308. The fourth-order valence-electron chi connectivity index (χ4n) is 1.06. The van der Waals surface area contributed by atoms with Gasteiger partial charge in [-0.2, -0.15) is 0 Å². The van der Waals surface area contributed by atoms with Gasteiger partial charge in [0.15, 0.2) is 0 Å². The van der Waals surface area contributed by atoms with Crippen LogP contribution < -0.4 is 5.32 Å². The first-order valence-electron chi connectivity index (χ1n) is 4.77. The van der Waals surface area contributed by atoms with Crippen LogP contribution in [0, 0.1) is 5.92 Å². The summed E-state index contributed by atoms with van der Waals surface area (Å²) in [6.45, 7) is 3.66. The second kappa shape index (κ2) is 6.60. The van der Waals surface area contributed by atoms with Crippen LogP contribution in [-0.4, -0.2) is 34.1 Å². The molecule has 0 aliphatic rings. The molecule has 0 radical (unpaired) electrons. The van der Waals surface area contributed by atoms with E-state index in [1.807, 2.05) is 13.8 Å². The number of carboxylic acids is 2. The highest BCUT2D eigenvalue weighted by Crippen LogP contribution is 2.04. The van der Waals surface area contributed by atoms with E-state index in [0.717, 1.165) is 6.08 Å². The summed E-state index contributed by atoms with van der Waals surface area (Å²) in [5, 5.41) is 19.3. The van der Waals surface area contributed by atoms with E-state index in [4.69, 9.17) is 10.2 Å². The van der Waals surface area contributed by atoms with Crippen molar-refractivity contribution in [1.29, 1.82) is 0 Å². The van der Waals surface area contributed by atoms with Crippen LogP contribution in [0.2, 0.25) is 0 Å². The zero-order valence-corrected chi connectivity index (χ0v) is 9.14. The molecule has 0 aromatic carbocycles. The maximum absolute atomic E-state index is 11.1. The molecule has 6 nitrogen and oxygen atoms in total. The van der Waals surface area contributed by atoms with Crippen molar-refractivity contribution in [3.8, 4) is 0 Å². The van der Waals surface area contributed by atoms with Gasteiger partial charge in [0.05, 0.1) is 0 Å². The summed E-state index contributed by atoms with van der Waals surface area (Å²) >= 11 is 0. The van der Waals surface area contributed by atoms with E-state index < -0.39 is 23.9 Å². The summed E-state index contributed by atoms with van der Waals surface area (Å²) in [5.74, 6) is -3.00. The van der Waals surface area contributed by atoms with Crippen LogP contribution in [0.25, 0.3) is 0 Å². The molecule has 16 heavy (non-hydrogen) atoms. The Kier molecular flexibility index (Phi) is 5.84. The zero-order valence-electron chi connectivity index (χ0n) is 9.14. The van der Waals surface area contributed by atoms with Gasteiger partial charge in [0, 0.05) is 12.2 Å². The molecule has 0 spiro atoms. The Hall–Kier alpha value is -1.85. The van der Waals surface area contributed by atoms with Gasteiger partial charge in [-0.05, 0) is 12.3 Å². The third-order valence-corrected chi connectivity index (χ3v) is 1.70. The summed E-state index contributed by atoms with van der Waals surface area (Å²) in [6.07, 6.45) is 1.74. The van der Waals surface area contributed by atoms with Gasteiger partial charge in [0.2, 0.25) is 5.91 Å². The lowest BCUT2D eigenvalue weighted by molar-refractivity contribution is -0.141. The minimum Gasteiger partial charge on any atom is -0.480 e. The van der Waals surface area contributed by atoms with Gasteiger partial charge in [-0.25, -0.2) is 9.59 Å². The number of hydrogen-bond donors (Lipinski definition) is 3. The summed E-state index contributed by atoms with van der Waals surface area (Å²) in [4.78, 5) is 32.0. The molecule has 0 unspecified atom stereocenters. The van der Waals surface area contributed by atoms with Gasteiger partial charge in [0.25, 0.3) is 0 Å². The van der Waals surface area contributed by atoms with Gasteiger partial charge >= 0.3 is 11.9 Å². The Morgan fingerprint density at radius 2 is 1.75 bits per heavy atom. The number of carbonyl (C=O) groups is 3. The van der Waals surface area contributed by atoms with Crippen LogP contribution in [0.5, 0.6) is 0 Å². The molecule has 0 bridgehead atoms. The van der Waals surface area contributed by atoms with Gasteiger partial charge in [-0.15, -0.1) is 0 Å². The summed E-state index contributed by atoms with van der Waals surface area (Å²) in [7, 11) is 0. The highest BCUT2D eigenvalue weighted by molar-refractivity contribution is 5.95. The predicted octanol–water partition coefficient (Wildman–Crippen LogP) is 0.243. The number of hydrogen-bond acceptors (Lipinski definition) is 3. The largest absolute Gasteiger partial charge is 0.480 e. The van der Waals surface area contributed by atoms with Crippen LogP contribution in [0.4, 0.5) is 0 Å². The molecule has 0 saturated carbocycles. The Morgan fingerprint density at radius 3 is 2.12 bits per heavy atom. The van der Waals surface area contributed by atoms with Crippen molar-refractivity contribution in [1.82, 2.24) is 5.32 Å². The van der Waals surface area contributed by atoms with Crippen LogP contribution in [0.3, 0.4) is 0 Å². The first-order valence-corrected chi connectivity index (χ1v) is 4.77. The number of nitrogens with one attached hydrogen (secondary N) is 1. The smallest absolute Gasteiger partial charge is 0.328 e. The van der Waals surface area contributed by atoms with Crippen molar-refractivity contribution >= 4 is 17.8 Å². The van der Waals surface area contributed by atoms with Gasteiger partial charge < -0.3 is 15.5 Å². The third-order valence-electron chi connectivity index (χ3n) is 1.70. The first kappa shape index (κ1) is 14.2. The molecule has 3 N–H and O–H groups in total. The average molecular weight is 229 g/mol. The number of rotatable bonds is 6. The highest BCUT2D eigenvalue weighted by Gasteiger charge is 2.19. The van der Waals surface area contributed by atoms with E-state index in [1.54, 1.807) is 0 Å². The maximum atomic E-state index is 11.1. The Balaban J connectivity index is 4.35. The normalized spacial score (nSPS) is 12.7. The highest BCUT2D eigenvalue weighted by atomic mass is 16.4. The van der Waals surface area contributed by atoms with Crippen LogP contribution >= 0.6 is 0 Å². The van der Waals surface area contributed by atoms with Crippen LogP contribution in [0.15, 0.2) is 12.2 Å². The molecule has 1 atom stereocenters. The predicted molar refractivity (Wildman–Crippen MR) is 55.8 cm³/mol. The summed E-state index contributed by atoms with van der Waals surface area (Å²) in [5.41, 5.74) is 0. The first-order chi connectivity index (χ1) is 7.32. The summed E-state index contributed by atoms with van der Waals surface area (Å²) < 4.78 is 0. The molecule has 0 fully saturated rings. The van der Waals surface area contributed by atoms with Crippen molar-refractivity contribution in [2.75, 3.05) is 0 Å². The number of carboxylic acid groups (broad SMARTS) is 2. The molecule has 0 aromatic heterocycles. The molecule has 0 aliphatic carbocycles. The molecule has 1 amide bonds. The van der Waals surface area contributed by atoms with Crippen molar-refractivity contribution < 1.29 is 24.6 Å². The molecule has 0 saturated heterocycles. The van der Waals surface area contributed by atoms with Gasteiger partial charge in [0.1, 0.15) is 6.04 Å². The minimum atomic E-state index is -1.26. The van der Waals surface area contributed by atoms with E-state index in [1.165, 1.54) is 0 Å². The minimum absolute atomic E-state index is 0.116. The second-order valence-electron chi connectivity index (χ2n) is 3.70. The van der Waals surface area contributed by atoms with E-state index in [-0.39, 0.29) is 5.92 Å². The van der Waals surface area contributed by atoms with E-state index >= 15 is 0 Å². The van der Waals surface area contributed by atoms with Crippen LogP contribution in [-0.2, 0) is 14.4 Å². The van der Waals surface area contributed by atoms with E-state index in [9.17, 15) is 14.4 Å². The molecule has 0 aromatic rings. The van der Waals surface area contributed by atoms with Gasteiger partial charge in [-0.3, -0.25) is 4.79 Å². The monoisotopic (exact) mass is 229 g/mol. The van der Waals surface area contributed by atoms with Crippen molar-refractivity contribution in [2.24, 2.45) is 5.92 Å². The van der Waals surface area contributed by atoms with Crippen molar-refractivity contribution in [3.63, 3.8) is 0 Å². The zero-order chi connectivity index (χ0) is 12.7. The Labute approximate surface area is 93.0 Å². The SMILES string of the molecule is CC(C)C[C@H](NC(=O)/C=C\C(=O)O)C(=O)O. The van der Waals surface area contributed by atoms with E-state index in [2.05, 4.69) is 5.32 Å².